The summed E-state index contributed by atoms with van der Waals surface area (Å²) >= 11 is 0. The number of amides is 2. The van der Waals surface area contributed by atoms with Crippen LogP contribution in [0.5, 0.6) is 5.75 Å². The van der Waals surface area contributed by atoms with Crippen LogP contribution in [0.2, 0.25) is 0 Å². The van der Waals surface area contributed by atoms with Crippen molar-refractivity contribution in [3.63, 3.8) is 0 Å². The van der Waals surface area contributed by atoms with Crippen LogP contribution in [0.15, 0.2) is 41.5 Å². The molecule has 0 spiro atoms. The fraction of sp³-hybridized carbons (Fsp3) is 0.350. The Labute approximate surface area is 153 Å². The summed E-state index contributed by atoms with van der Waals surface area (Å²) in [4.78, 5) is 23.4. The van der Waals surface area contributed by atoms with Crippen LogP contribution in [0, 0.1) is 0 Å². The third-order valence-corrected chi connectivity index (χ3v) is 3.68. The lowest BCUT2D eigenvalue weighted by Gasteiger charge is -2.14. The maximum Gasteiger partial charge on any atom is 0.329 e. The van der Waals surface area contributed by atoms with Gasteiger partial charge in [-0.15, -0.1) is 0 Å². The first-order valence-electron chi connectivity index (χ1n) is 8.82. The molecule has 0 aliphatic rings. The molecule has 0 heterocycles. The fourth-order valence-electron chi connectivity index (χ4n) is 2.43. The van der Waals surface area contributed by atoms with Gasteiger partial charge in [0.1, 0.15) is 5.75 Å². The first-order chi connectivity index (χ1) is 12.5. The van der Waals surface area contributed by atoms with Gasteiger partial charge in [-0.05, 0) is 37.1 Å². The molecule has 2 rings (SSSR count). The molecule has 0 fully saturated rings. The van der Waals surface area contributed by atoms with Crippen LogP contribution < -0.4 is 15.5 Å². The van der Waals surface area contributed by atoms with Gasteiger partial charge in [-0.3, -0.25) is 9.59 Å². The highest BCUT2D eigenvalue weighted by Gasteiger charge is 2.12. The normalized spacial score (nSPS) is 11.1. The Morgan fingerprint density at radius 3 is 2.65 bits per heavy atom. The van der Waals surface area contributed by atoms with Crippen LogP contribution in [0.4, 0.5) is 0 Å². The molecule has 6 heteroatoms. The summed E-state index contributed by atoms with van der Waals surface area (Å²) in [6.45, 7) is 6.37. The molecule has 2 N–H and O–H groups in total. The third-order valence-electron chi connectivity index (χ3n) is 3.68. The Morgan fingerprint density at radius 2 is 1.92 bits per heavy atom. The highest BCUT2D eigenvalue weighted by atomic mass is 16.5. The molecule has 2 aromatic carbocycles. The Bertz CT molecular complexity index is 800. The number of hydrogen-bond acceptors (Lipinski definition) is 4. The van der Waals surface area contributed by atoms with E-state index in [-0.39, 0.29) is 6.10 Å². The molecule has 0 unspecified atom stereocenters. The van der Waals surface area contributed by atoms with Crippen LogP contribution in [0.3, 0.4) is 0 Å². The second-order valence-corrected chi connectivity index (χ2v) is 6.17. The van der Waals surface area contributed by atoms with E-state index in [0.717, 1.165) is 29.2 Å². The Morgan fingerprint density at radius 1 is 1.15 bits per heavy atom. The second-order valence-electron chi connectivity index (χ2n) is 6.17. The van der Waals surface area contributed by atoms with Crippen molar-refractivity contribution in [1.29, 1.82) is 0 Å². The van der Waals surface area contributed by atoms with Crippen molar-refractivity contribution in [2.75, 3.05) is 6.54 Å². The number of rotatable bonds is 7. The van der Waals surface area contributed by atoms with E-state index in [1.54, 1.807) is 0 Å². The van der Waals surface area contributed by atoms with E-state index in [2.05, 4.69) is 15.8 Å². The van der Waals surface area contributed by atoms with Gasteiger partial charge < -0.3 is 10.1 Å². The van der Waals surface area contributed by atoms with E-state index < -0.39 is 11.8 Å². The molecule has 0 bridgehead atoms. The van der Waals surface area contributed by atoms with Crippen molar-refractivity contribution >= 4 is 28.8 Å². The summed E-state index contributed by atoms with van der Waals surface area (Å²) in [5, 5.41) is 8.48. The zero-order valence-electron chi connectivity index (χ0n) is 15.4. The number of hydrogen-bond donors (Lipinski definition) is 2. The fourth-order valence-corrected chi connectivity index (χ4v) is 2.43. The molecule has 2 amide bonds. The molecule has 6 nitrogen and oxygen atoms in total. The van der Waals surface area contributed by atoms with Crippen molar-refractivity contribution in [3.8, 4) is 5.75 Å². The van der Waals surface area contributed by atoms with Gasteiger partial charge in [-0.25, -0.2) is 5.43 Å². The van der Waals surface area contributed by atoms with Crippen LogP contribution in [-0.4, -0.2) is 30.7 Å². The predicted molar refractivity (Wildman–Crippen MR) is 103 cm³/mol. The molecule has 0 aromatic heterocycles. The Kier molecular flexibility index (Phi) is 7.14. The molecule has 0 saturated carbocycles. The molecule has 138 valence electrons. The molecular weight excluding hydrogens is 330 g/mol. The largest absolute Gasteiger partial charge is 0.490 e. The summed E-state index contributed by atoms with van der Waals surface area (Å²) in [6.07, 6.45) is 3.29. The van der Waals surface area contributed by atoms with E-state index >= 15 is 0 Å². The third kappa shape index (κ3) is 5.31. The van der Waals surface area contributed by atoms with E-state index in [0.29, 0.717) is 12.3 Å². The van der Waals surface area contributed by atoms with Gasteiger partial charge in [0.25, 0.3) is 0 Å². The molecule has 0 atom stereocenters. The van der Waals surface area contributed by atoms with Gasteiger partial charge in [0.05, 0.1) is 12.3 Å². The molecular formula is C20H25N3O3. The maximum atomic E-state index is 11.8. The lowest BCUT2D eigenvalue weighted by Crippen LogP contribution is -2.38. The van der Waals surface area contributed by atoms with E-state index in [9.17, 15) is 9.59 Å². The van der Waals surface area contributed by atoms with Gasteiger partial charge >= 0.3 is 11.8 Å². The topological polar surface area (TPSA) is 79.8 Å². The monoisotopic (exact) mass is 355 g/mol. The number of carbonyl (C=O) groups is 2. The van der Waals surface area contributed by atoms with Crippen molar-refractivity contribution in [2.45, 2.75) is 39.7 Å². The number of fused-ring (bicyclic) bond motifs is 1. The van der Waals surface area contributed by atoms with Gasteiger partial charge in [-0.1, -0.05) is 43.7 Å². The number of carbonyl (C=O) groups excluding carboxylic acids is 2. The molecule has 0 radical (unpaired) electrons. The van der Waals surface area contributed by atoms with Crippen molar-refractivity contribution in [1.82, 2.24) is 10.7 Å². The van der Waals surface area contributed by atoms with Gasteiger partial charge in [0.2, 0.25) is 0 Å². The average Bonchev–Trinajstić information content (AvgIpc) is 2.62. The number of ether oxygens (including phenoxy) is 1. The maximum absolute atomic E-state index is 11.8. The van der Waals surface area contributed by atoms with Crippen molar-refractivity contribution in [2.24, 2.45) is 5.10 Å². The Balaban J connectivity index is 2.16. The minimum atomic E-state index is -0.788. The quantitative estimate of drug-likeness (QED) is 0.347. The second kappa shape index (κ2) is 9.56. The Hall–Kier alpha value is -2.89. The minimum absolute atomic E-state index is 0.00208. The zero-order valence-corrected chi connectivity index (χ0v) is 15.4. The first kappa shape index (κ1) is 19.4. The van der Waals surface area contributed by atoms with Crippen molar-refractivity contribution in [3.05, 3.63) is 42.0 Å². The standard InChI is InChI=1S/C20H25N3O3/c1-4-5-12-21-19(24)20(25)23-22-13-17-16-9-7-6-8-15(16)10-11-18(17)26-14(2)3/h6-11,13-14H,4-5,12H2,1-3H3,(H,21,24)(H,23,25)/b22-13-. The minimum Gasteiger partial charge on any atom is -0.490 e. The van der Waals surface area contributed by atoms with E-state index in [4.69, 9.17) is 4.74 Å². The lowest BCUT2D eigenvalue weighted by molar-refractivity contribution is -0.139. The van der Waals surface area contributed by atoms with E-state index in [1.165, 1.54) is 6.21 Å². The number of benzene rings is 2. The highest BCUT2D eigenvalue weighted by molar-refractivity contribution is 6.35. The van der Waals surface area contributed by atoms with Crippen LogP contribution in [-0.2, 0) is 9.59 Å². The molecule has 0 aliphatic heterocycles. The zero-order chi connectivity index (χ0) is 18.9. The molecule has 26 heavy (non-hydrogen) atoms. The highest BCUT2D eigenvalue weighted by Crippen LogP contribution is 2.27. The first-order valence-corrected chi connectivity index (χ1v) is 8.82. The van der Waals surface area contributed by atoms with Crippen LogP contribution >= 0.6 is 0 Å². The van der Waals surface area contributed by atoms with Gasteiger partial charge in [0, 0.05) is 12.1 Å². The number of nitrogens with one attached hydrogen (secondary N) is 2. The summed E-state index contributed by atoms with van der Waals surface area (Å²) in [5.74, 6) is -0.805. The summed E-state index contributed by atoms with van der Waals surface area (Å²) in [5.41, 5.74) is 3.02. The van der Waals surface area contributed by atoms with Gasteiger partial charge in [-0.2, -0.15) is 5.10 Å². The van der Waals surface area contributed by atoms with Gasteiger partial charge in [0.15, 0.2) is 0 Å². The molecule has 0 aliphatic carbocycles. The summed E-state index contributed by atoms with van der Waals surface area (Å²) in [7, 11) is 0. The molecule has 0 saturated heterocycles. The SMILES string of the molecule is CCCCNC(=O)C(=O)N/N=C\c1c(OC(C)C)ccc2ccccc12. The number of nitrogens with zero attached hydrogens (tertiary/aromatic N) is 1. The number of hydrazone groups is 1. The summed E-state index contributed by atoms with van der Waals surface area (Å²) < 4.78 is 5.84. The smallest absolute Gasteiger partial charge is 0.329 e. The molecule has 2 aromatic rings. The predicted octanol–water partition coefficient (Wildman–Crippen LogP) is 2.99. The van der Waals surface area contributed by atoms with Crippen molar-refractivity contribution < 1.29 is 14.3 Å². The lowest BCUT2D eigenvalue weighted by atomic mass is 10.0. The number of unbranched alkanes of at least 4 members (excludes halogenated alkanes) is 1. The summed E-state index contributed by atoms with van der Waals surface area (Å²) in [6, 6.07) is 11.7. The van der Waals surface area contributed by atoms with Crippen LogP contribution in [0.1, 0.15) is 39.2 Å². The average molecular weight is 355 g/mol. The van der Waals surface area contributed by atoms with E-state index in [1.807, 2.05) is 57.2 Å². The van der Waals surface area contributed by atoms with Crippen LogP contribution in [0.25, 0.3) is 10.8 Å².